The maximum atomic E-state index is 15.8. The molecule has 0 saturated carbocycles. The van der Waals surface area contributed by atoms with Crippen molar-refractivity contribution in [1.29, 1.82) is 0 Å². The van der Waals surface area contributed by atoms with E-state index < -0.39 is 47.2 Å². The number of aromatic nitrogens is 1. The first-order valence-corrected chi connectivity index (χ1v) is 11.1. The minimum absolute atomic E-state index is 0.130. The highest BCUT2D eigenvalue weighted by molar-refractivity contribution is 14.1. The quantitative estimate of drug-likeness (QED) is 0.107. The highest BCUT2D eigenvalue weighted by Crippen LogP contribution is 2.49. The molecule has 2 aliphatic rings. The van der Waals surface area contributed by atoms with E-state index >= 15 is 8.63 Å². The van der Waals surface area contributed by atoms with Crippen LogP contribution in [-0.2, 0) is 0 Å². The van der Waals surface area contributed by atoms with Gasteiger partial charge in [0.1, 0.15) is 5.71 Å². The van der Waals surface area contributed by atoms with Crippen LogP contribution in [0.15, 0.2) is 14.8 Å². The van der Waals surface area contributed by atoms with Gasteiger partial charge in [-0.2, -0.15) is 0 Å². The molecule has 1 aromatic heterocycles. The van der Waals surface area contributed by atoms with Gasteiger partial charge in [-0.1, -0.05) is 0 Å². The van der Waals surface area contributed by atoms with Crippen molar-refractivity contribution in [2.24, 2.45) is 0 Å². The van der Waals surface area contributed by atoms with Crippen molar-refractivity contribution in [3.63, 3.8) is 0 Å². The highest BCUT2D eigenvalue weighted by atomic mass is 127. The number of fused-ring (bicyclic) bond motifs is 2. The van der Waals surface area contributed by atoms with Crippen LogP contribution in [0.2, 0.25) is 0 Å². The first kappa shape index (κ1) is 22.9. The normalized spacial score (nSPS) is 17.7. The van der Waals surface area contributed by atoms with E-state index in [9.17, 15) is 22.0 Å². The van der Waals surface area contributed by atoms with Crippen LogP contribution < -0.4 is 0 Å². The van der Waals surface area contributed by atoms with Gasteiger partial charge in [0.25, 0.3) is 0 Å². The van der Waals surface area contributed by atoms with Gasteiger partial charge in [-0.05, 0) is 77.2 Å². The van der Waals surface area contributed by atoms with E-state index in [0.29, 0.717) is 16.1 Å². The van der Waals surface area contributed by atoms with Crippen molar-refractivity contribution in [1.82, 2.24) is 4.48 Å². The molecule has 0 bridgehead atoms. The second-order valence-corrected chi connectivity index (χ2v) is 9.55. The summed E-state index contributed by atoms with van der Waals surface area (Å²) in [6.07, 6.45) is 0. The third kappa shape index (κ3) is 2.72. The van der Waals surface area contributed by atoms with Gasteiger partial charge in [-0.3, -0.25) is 0 Å². The van der Waals surface area contributed by atoms with Gasteiger partial charge in [0, 0.05) is 21.8 Å². The SMILES string of the molecule is CC1=C(I)C(C)=[N+]2C1=C(c1c(F)c(F)c(F)c(F)c1F)c1c(C)c(I)c(C)n1[B-]2(F)F. The van der Waals surface area contributed by atoms with E-state index in [1.165, 1.54) is 27.7 Å². The Morgan fingerprint density at radius 1 is 0.806 bits per heavy atom. The summed E-state index contributed by atoms with van der Waals surface area (Å²) >= 11 is 3.66. The Morgan fingerprint density at radius 3 is 1.81 bits per heavy atom. The number of rotatable bonds is 1. The summed E-state index contributed by atoms with van der Waals surface area (Å²) in [5.74, 6) is -10.7. The maximum absolute atomic E-state index is 15.8. The monoisotopic (exact) mass is 666 g/mol. The van der Waals surface area contributed by atoms with Gasteiger partial charge < -0.3 is 17.6 Å². The molecule has 0 saturated heterocycles. The van der Waals surface area contributed by atoms with Gasteiger partial charge in [-0.25, -0.2) is 22.0 Å². The number of hydrogen-bond acceptors (Lipinski definition) is 0. The Labute approximate surface area is 199 Å². The number of nitrogens with zero attached hydrogens (tertiary/aromatic N) is 2. The molecular weight excluding hydrogens is 654 g/mol. The number of hydrogen-bond donors (Lipinski definition) is 0. The molecule has 0 aliphatic carbocycles. The summed E-state index contributed by atoms with van der Waals surface area (Å²) < 4.78 is 105. The first-order chi connectivity index (χ1) is 14.3. The Balaban J connectivity index is 2.33. The van der Waals surface area contributed by atoms with Crippen LogP contribution in [0.5, 0.6) is 0 Å². The minimum atomic E-state index is -4.49. The predicted molar refractivity (Wildman–Crippen MR) is 120 cm³/mol. The molecule has 1 aromatic carbocycles. The fourth-order valence-corrected chi connectivity index (χ4v) is 5.37. The third-order valence-corrected chi connectivity index (χ3v) is 8.94. The summed E-state index contributed by atoms with van der Waals surface area (Å²) in [4.78, 5) is 0. The molecule has 0 fully saturated rings. The van der Waals surface area contributed by atoms with Crippen molar-refractivity contribution >= 4 is 63.4 Å². The second-order valence-electron chi connectivity index (χ2n) is 7.39. The zero-order valence-electron chi connectivity index (χ0n) is 16.4. The lowest BCUT2D eigenvalue weighted by Crippen LogP contribution is -2.51. The predicted octanol–water partition coefficient (Wildman–Crippen LogP) is 6.60. The Morgan fingerprint density at radius 2 is 1.29 bits per heavy atom. The van der Waals surface area contributed by atoms with Crippen LogP contribution in [0, 0.1) is 46.5 Å². The molecular formula is C19H12BF7I2N2. The number of benzene rings is 1. The number of allylic oxidation sites excluding steroid dienone is 2. The molecule has 31 heavy (non-hydrogen) atoms. The van der Waals surface area contributed by atoms with Crippen LogP contribution in [0.1, 0.15) is 36.4 Å². The fourth-order valence-electron chi connectivity index (χ4n) is 4.34. The summed E-state index contributed by atoms with van der Waals surface area (Å²) in [5.41, 5.74) is -1.42. The highest BCUT2D eigenvalue weighted by Gasteiger charge is 2.57. The van der Waals surface area contributed by atoms with E-state index in [0.717, 1.165) is 0 Å². The molecule has 4 rings (SSSR count). The molecule has 2 nitrogen and oxygen atoms in total. The lowest BCUT2D eigenvalue weighted by Gasteiger charge is -2.34. The zero-order valence-corrected chi connectivity index (χ0v) is 20.7. The summed E-state index contributed by atoms with van der Waals surface area (Å²) in [6, 6.07) is 0. The molecule has 2 aliphatic heterocycles. The minimum Gasteiger partial charge on any atom is -0.392 e. The fraction of sp³-hybridized carbons (Fsp3) is 0.211. The molecule has 0 atom stereocenters. The Hall–Kier alpha value is -1.32. The van der Waals surface area contributed by atoms with Crippen molar-refractivity contribution in [2.75, 3.05) is 0 Å². The summed E-state index contributed by atoms with van der Waals surface area (Å²) in [5, 5.41) is 0. The molecule has 164 valence electrons. The van der Waals surface area contributed by atoms with Gasteiger partial charge in [0.15, 0.2) is 29.0 Å². The van der Waals surface area contributed by atoms with Crippen LogP contribution in [-0.4, -0.2) is 21.6 Å². The molecule has 0 N–H and O–H groups in total. The topological polar surface area (TPSA) is 7.94 Å². The van der Waals surface area contributed by atoms with Crippen LogP contribution in [0.3, 0.4) is 0 Å². The lowest BCUT2D eigenvalue weighted by atomic mass is 9.83. The van der Waals surface area contributed by atoms with E-state index in [-0.39, 0.29) is 33.9 Å². The lowest BCUT2D eigenvalue weighted by molar-refractivity contribution is -0.363. The Kier molecular flexibility index (Phi) is 5.23. The average Bonchev–Trinajstić information content (AvgIpc) is 3.08. The standard InChI is InChI=1S/C19H12BF7I2N2/c1-5-16(28)7(3)30-18(5)10(9-11(21)13(23)15(25)14(24)12(9)22)19-6(2)17(29)8(4)31(19)20(30,26)27/h1-4H3. The van der Waals surface area contributed by atoms with Gasteiger partial charge >= 0.3 is 6.97 Å². The first-order valence-electron chi connectivity index (χ1n) is 8.92. The molecule has 2 aromatic rings. The van der Waals surface area contributed by atoms with Crippen molar-refractivity contribution < 1.29 is 35.1 Å². The van der Waals surface area contributed by atoms with Crippen molar-refractivity contribution in [3.8, 4) is 0 Å². The zero-order chi connectivity index (χ0) is 23.3. The summed E-state index contributed by atoms with van der Waals surface area (Å²) in [7, 11) is 0. The van der Waals surface area contributed by atoms with Gasteiger partial charge in [0.05, 0.1) is 14.7 Å². The molecule has 0 unspecified atom stereocenters. The molecule has 0 amide bonds. The van der Waals surface area contributed by atoms with Crippen LogP contribution >= 0.6 is 45.2 Å². The van der Waals surface area contributed by atoms with E-state index in [2.05, 4.69) is 0 Å². The molecule has 0 radical (unpaired) electrons. The summed E-state index contributed by atoms with van der Waals surface area (Å²) in [6.45, 7) is 1.31. The smallest absolute Gasteiger partial charge is 0.392 e. The Bertz CT molecular complexity index is 1290. The van der Waals surface area contributed by atoms with Gasteiger partial charge in [-0.15, -0.1) is 0 Å². The van der Waals surface area contributed by atoms with E-state index in [4.69, 9.17) is 0 Å². The van der Waals surface area contributed by atoms with Crippen LogP contribution in [0.4, 0.5) is 30.6 Å². The number of halogens is 9. The second kappa shape index (κ2) is 7.09. The van der Waals surface area contributed by atoms with Crippen LogP contribution in [0.25, 0.3) is 5.57 Å². The van der Waals surface area contributed by atoms with Gasteiger partial charge in [0.2, 0.25) is 5.82 Å². The largest absolute Gasteiger partial charge is 0.737 e. The van der Waals surface area contributed by atoms with Crippen molar-refractivity contribution in [2.45, 2.75) is 27.7 Å². The molecule has 3 heterocycles. The third-order valence-electron chi connectivity index (χ3n) is 5.76. The average molecular weight is 666 g/mol. The van der Waals surface area contributed by atoms with Crippen molar-refractivity contribution in [3.05, 3.63) is 70.0 Å². The van der Waals surface area contributed by atoms with E-state index in [1.807, 2.05) is 45.2 Å². The maximum Gasteiger partial charge on any atom is 0.737 e. The van der Waals surface area contributed by atoms with E-state index in [1.54, 1.807) is 0 Å². The molecule has 12 heteroatoms. The molecule has 0 spiro atoms.